The summed E-state index contributed by atoms with van der Waals surface area (Å²) in [5.74, 6) is 1.26. The van der Waals surface area contributed by atoms with Crippen LogP contribution in [0.2, 0.25) is 0 Å². The van der Waals surface area contributed by atoms with Gasteiger partial charge in [0.15, 0.2) is 5.75 Å². The molecular weight excluding hydrogens is 352 g/mol. The van der Waals surface area contributed by atoms with Crippen molar-refractivity contribution in [2.45, 2.75) is 0 Å². The van der Waals surface area contributed by atoms with Gasteiger partial charge in [-0.15, -0.1) is 11.3 Å². The lowest BCUT2D eigenvalue weighted by atomic mass is 10.3. The predicted molar refractivity (Wildman–Crippen MR) is 87.2 cm³/mol. The number of rotatable bonds is 3. The highest BCUT2D eigenvalue weighted by molar-refractivity contribution is 9.10. The first-order valence-corrected chi connectivity index (χ1v) is 7.81. The molecule has 4 nitrogen and oxygen atoms in total. The lowest BCUT2D eigenvalue weighted by molar-refractivity contribution is 0.0967. The number of carbonyl (C=O) groups is 1. The quantitative estimate of drug-likeness (QED) is 0.759. The minimum atomic E-state index is -0.106. The first-order valence-electron chi connectivity index (χ1n) is 6.20. The molecule has 2 aromatic heterocycles. The van der Waals surface area contributed by atoms with Gasteiger partial charge in [-0.05, 0) is 30.3 Å². The fraction of sp³-hybridized carbons (Fsp3) is 0.0667. The fourth-order valence-electron chi connectivity index (χ4n) is 1.88. The number of hydrogen-bond donors (Lipinski definition) is 1. The van der Waals surface area contributed by atoms with Gasteiger partial charge in [-0.2, -0.15) is 0 Å². The van der Waals surface area contributed by atoms with E-state index in [0.29, 0.717) is 10.6 Å². The number of aromatic nitrogens is 1. The van der Waals surface area contributed by atoms with E-state index in [0.717, 1.165) is 20.3 Å². The lowest BCUT2D eigenvalue weighted by Gasteiger charge is -2.06. The average molecular weight is 363 g/mol. The summed E-state index contributed by atoms with van der Waals surface area (Å²) in [6.45, 7) is 0. The summed E-state index contributed by atoms with van der Waals surface area (Å²) in [5, 5.41) is 3.51. The van der Waals surface area contributed by atoms with Gasteiger partial charge in [-0.3, -0.25) is 9.78 Å². The molecule has 3 aromatic rings. The van der Waals surface area contributed by atoms with E-state index in [9.17, 15) is 4.79 Å². The van der Waals surface area contributed by atoms with Crippen LogP contribution < -0.4 is 10.1 Å². The summed E-state index contributed by atoms with van der Waals surface area (Å²) in [6, 6.07) is 9.39. The number of halogens is 1. The predicted octanol–water partition coefficient (Wildman–Crippen LogP) is 4.21. The summed E-state index contributed by atoms with van der Waals surface area (Å²) >= 11 is 4.78. The molecular formula is C15H11BrN2O2S. The normalized spacial score (nSPS) is 10.6. The van der Waals surface area contributed by atoms with E-state index in [-0.39, 0.29) is 5.91 Å². The summed E-state index contributed by atoms with van der Waals surface area (Å²) in [6.07, 6.45) is 3.39. The number of ether oxygens (including phenoxy) is 1. The topological polar surface area (TPSA) is 51.2 Å². The van der Waals surface area contributed by atoms with E-state index in [1.54, 1.807) is 19.4 Å². The Balaban J connectivity index is 2.00. The van der Waals surface area contributed by atoms with Gasteiger partial charge in [-0.1, -0.05) is 15.9 Å². The molecule has 0 saturated heterocycles. The number of fused-ring (bicyclic) bond motifs is 1. The number of nitrogens with one attached hydrogen (secondary N) is 1. The Hall–Kier alpha value is -1.92. The highest BCUT2D eigenvalue weighted by Crippen LogP contribution is 2.34. The Morgan fingerprint density at radius 2 is 2.05 bits per heavy atom. The fourth-order valence-corrected chi connectivity index (χ4v) is 3.14. The highest BCUT2D eigenvalue weighted by Gasteiger charge is 2.12. The second-order valence-electron chi connectivity index (χ2n) is 4.30. The van der Waals surface area contributed by atoms with Crippen molar-refractivity contribution in [1.82, 2.24) is 10.3 Å². The molecule has 0 spiro atoms. The van der Waals surface area contributed by atoms with Crippen LogP contribution in [-0.2, 0) is 0 Å². The molecule has 106 valence electrons. The maximum Gasteiger partial charge on any atom is 0.261 e. The molecule has 0 aliphatic heterocycles. The van der Waals surface area contributed by atoms with Crippen LogP contribution in [0.5, 0.6) is 11.5 Å². The van der Waals surface area contributed by atoms with Crippen molar-refractivity contribution in [3.8, 4) is 11.5 Å². The van der Waals surface area contributed by atoms with Gasteiger partial charge < -0.3 is 10.1 Å². The second kappa shape index (κ2) is 5.83. The molecule has 6 heteroatoms. The molecule has 3 rings (SSSR count). The molecule has 0 radical (unpaired) electrons. The van der Waals surface area contributed by atoms with Gasteiger partial charge in [-0.25, -0.2) is 0 Å². The number of carbonyl (C=O) groups excluding carboxylic acids is 1. The Labute approximate surface area is 133 Å². The van der Waals surface area contributed by atoms with Crippen LogP contribution in [-0.4, -0.2) is 17.9 Å². The van der Waals surface area contributed by atoms with Gasteiger partial charge in [0.2, 0.25) is 0 Å². The number of thiophene rings is 1. The highest BCUT2D eigenvalue weighted by atomic mass is 79.9. The molecule has 1 amide bonds. The number of amides is 1. The van der Waals surface area contributed by atoms with Crippen molar-refractivity contribution in [2.75, 3.05) is 7.05 Å². The first-order chi connectivity index (χ1) is 10.2. The molecule has 0 aliphatic carbocycles. The van der Waals surface area contributed by atoms with E-state index in [1.165, 1.54) is 11.3 Å². The third-order valence-corrected chi connectivity index (χ3v) is 4.50. The van der Waals surface area contributed by atoms with Crippen LogP contribution in [0.15, 0.2) is 47.2 Å². The molecule has 0 atom stereocenters. The van der Waals surface area contributed by atoms with Gasteiger partial charge >= 0.3 is 0 Å². The summed E-state index contributed by atoms with van der Waals surface area (Å²) < 4.78 is 7.77. The molecule has 0 fully saturated rings. The summed E-state index contributed by atoms with van der Waals surface area (Å²) in [5.41, 5.74) is 0. The Kier molecular flexibility index (Phi) is 3.90. The zero-order valence-electron chi connectivity index (χ0n) is 11.1. The Morgan fingerprint density at radius 3 is 2.76 bits per heavy atom. The van der Waals surface area contributed by atoms with Crippen molar-refractivity contribution in [3.63, 3.8) is 0 Å². The van der Waals surface area contributed by atoms with Gasteiger partial charge in [0, 0.05) is 23.1 Å². The maximum atomic E-state index is 11.7. The average Bonchev–Trinajstić information content (AvgIpc) is 2.94. The van der Waals surface area contributed by atoms with Gasteiger partial charge in [0.1, 0.15) is 5.75 Å². The molecule has 1 N–H and O–H groups in total. The molecule has 0 aliphatic rings. The molecule has 21 heavy (non-hydrogen) atoms. The molecule has 0 bridgehead atoms. The number of hydrogen-bond acceptors (Lipinski definition) is 4. The third-order valence-electron chi connectivity index (χ3n) is 2.90. The summed E-state index contributed by atoms with van der Waals surface area (Å²) in [4.78, 5) is 16.5. The van der Waals surface area contributed by atoms with Crippen molar-refractivity contribution >= 4 is 43.3 Å². The monoisotopic (exact) mass is 362 g/mol. The largest absolute Gasteiger partial charge is 0.455 e. The van der Waals surface area contributed by atoms with E-state index in [2.05, 4.69) is 26.2 Å². The van der Waals surface area contributed by atoms with Crippen molar-refractivity contribution in [3.05, 3.63) is 52.1 Å². The minimum Gasteiger partial charge on any atom is -0.455 e. The van der Waals surface area contributed by atoms with E-state index in [1.807, 2.05) is 30.3 Å². The number of pyridine rings is 1. The van der Waals surface area contributed by atoms with Crippen LogP contribution in [0.4, 0.5) is 0 Å². The Bertz CT molecular complexity index is 799. The molecule has 1 aromatic carbocycles. The van der Waals surface area contributed by atoms with Crippen LogP contribution in [0, 0.1) is 0 Å². The number of benzene rings is 1. The van der Waals surface area contributed by atoms with Gasteiger partial charge in [0.25, 0.3) is 5.91 Å². The maximum absolute atomic E-state index is 11.7. The zero-order chi connectivity index (χ0) is 14.8. The first kappa shape index (κ1) is 14.0. The van der Waals surface area contributed by atoms with E-state index >= 15 is 0 Å². The van der Waals surface area contributed by atoms with Crippen LogP contribution in [0.25, 0.3) is 10.1 Å². The van der Waals surface area contributed by atoms with E-state index in [4.69, 9.17) is 4.74 Å². The number of nitrogens with zero attached hydrogens (tertiary/aromatic N) is 1. The van der Waals surface area contributed by atoms with Crippen molar-refractivity contribution in [1.29, 1.82) is 0 Å². The molecule has 0 saturated carbocycles. The molecule has 2 heterocycles. The molecule has 0 unspecified atom stereocenters. The lowest BCUT2D eigenvalue weighted by Crippen LogP contribution is -2.15. The van der Waals surface area contributed by atoms with Crippen LogP contribution >= 0.6 is 27.3 Å². The summed E-state index contributed by atoms with van der Waals surface area (Å²) in [7, 11) is 1.62. The van der Waals surface area contributed by atoms with Gasteiger partial charge in [0.05, 0.1) is 15.8 Å². The van der Waals surface area contributed by atoms with Crippen LogP contribution in [0.1, 0.15) is 9.67 Å². The SMILES string of the molecule is CNC(=O)c1cc2c(Oc3ccc(Br)cc3)cncc2s1. The third kappa shape index (κ3) is 2.91. The van der Waals surface area contributed by atoms with Crippen molar-refractivity contribution in [2.24, 2.45) is 0 Å². The Morgan fingerprint density at radius 1 is 1.29 bits per heavy atom. The van der Waals surface area contributed by atoms with Crippen molar-refractivity contribution < 1.29 is 9.53 Å². The standard InChI is InChI=1S/C15H11BrN2O2S/c1-17-15(19)13-6-11-12(7-18-8-14(11)21-13)20-10-4-2-9(16)3-5-10/h2-8H,1H3,(H,17,19). The van der Waals surface area contributed by atoms with E-state index < -0.39 is 0 Å². The van der Waals surface area contributed by atoms with Crippen LogP contribution in [0.3, 0.4) is 0 Å². The minimum absolute atomic E-state index is 0.106. The zero-order valence-corrected chi connectivity index (χ0v) is 13.5. The smallest absolute Gasteiger partial charge is 0.261 e. The second-order valence-corrected chi connectivity index (χ2v) is 6.29.